The van der Waals surface area contributed by atoms with Crippen molar-refractivity contribution in [3.05, 3.63) is 59.7 Å². The molecule has 3 atom stereocenters. The van der Waals surface area contributed by atoms with Crippen LogP contribution in [0.5, 0.6) is 11.5 Å². The molecule has 3 unspecified atom stereocenters. The van der Waals surface area contributed by atoms with Crippen molar-refractivity contribution >= 4 is 35.3 Å². The van der Waals surface area contributed by atoms with Crippen LogP contribution in [0.2, 0.25) is 0 Å². The fourth-order valence-electron chi connectivity index (χ4n) is 2.73. The highest BCUT2D eigenvalue weighted by atomic mass is 32.0. The Bertz CT molecular complexity index is 855. The van der Waals surface area contributed by atoms with Crippen molar-refractivity contribution in [1.82, 2.24) is 5.32 Å². The second-order valence-corrected chi connectivity index (χ2v) is 7.60. The molecule has 2 rings (SSSR count). The lowest BCUT2D eigenvalue weighted by atomic mass is 10.0. The first kappa shape index (κ1) is 23.8. The lowest BCUT2D eigenvalue weighted by Crippen LogP contribution is -2.42. The zero-order valence-electron chi connectivity index (χ0n) is 16.8. The average Bonchev–Trinajstić information content (AvgIpc) is 2.73. The van der Waals surface area contributed by atoms with E-state index in [4.69, 9.17) is 14.0 Å². The zero-order chi connectivity index (χ0) is 21.9. The standard InChI is InChI=1S/C21H25NO6P2/c1-14(23)27-18-10-5-16(6-11-18)13-19(21(25)28-30-29)22-20(24)12-7-15-3-8-17(26-2)9-4-15/h3-6,8-11,19,30H,7,12-13,29H2,1-2H3,(H,22,24). The van der Waals surface area contributed by atoms with E-state index in [9.17, 15) is 14.4 Å². The maximum atomic E-state index is 12.4. The third-order valence-electron chi connectivity index (χ3n) is 4.20. The van der Waals surface area contributed by atoms with Crippen molar-refractivity contribution in [3.63, 3.8) is 0 Å². The molecule has 2 aromatic carbocycles. The van der Waals surface area contributed by atoms with E-state index in [0.717, 1.165) is 16.9 Å². The summed E-state index contributed by atoms with van der Waals surface area (Å²) >= 11 is 0. The van der Waals surface area contributed by atoms with Crippen molar-refractivity contribution in [2.75, 3.05) is 7.11 Å². The van der Waals surface area contributed by atoms with E-state index < -0.39 is 18.0 Å². The Hall–Kier alpha value is -2.49. The number of rotatable bonds is 10. The molecule has 0 fully saturated rings. The summed E-state index contributed by atoms with van der Waals surface area (Å²) in [6.07, 6.45) is 1.05. The van der Waals surface area contributed by atoms with E-state index in [1.807, 2.05) is 24.3 Å². The minimum Gasteiger partial charge on any atom is -0.497 e. The van der Waals surface area contributed by atoms with Crippen LogP contribution in [0.4, 0.5) is 0 Å². The predicted octanol–water partition coefficient (Wildman–Crippen LogP) is 3.21. The summed E-state index contributed by atoms with van der Waals surface area (Å²) in [5.41, 5.74) is 1.80. The van der Waals surface area contributed by atoms with Gasteiger partial charge >= 0.3 is 11.9 Å². The third kappa shape index (κ3) is 8.10. The Morgan fingerprint density at radius 3 is 2.17 bits per heavy atom. The maximum Gasteiger partial charge on any atom is 0.331 e. The van der Waals surface area contributed by atoms with Crippen LogP contribution in [0, 0.1) is 0 Å². The molecule has 1 amide bonds. The minimum atomic E-state index is -0.805. The van der Waals surface area contributed by atoms with Crippen LogP contribution in [-0.4, -0.2) is 31.0 Å². The van der Waals surface area contributed by atoms with Gasteiger partial charge in [0.1, 0.15) is 17.5 Å². The van der Waals surface area contributed by atoms with Gasteiger partial charge in [-0.25, -0.2) is 4.79 Å². The number of aryl methyl sites for hydroxylation is 1. The molecule has 2 aromatic rings. The van der Waals surface area contributed by atoms with Gasteiger partial charge in [-0.15, -0.1) is 0 Å². The molecular weight excluding hydrogens is 424 g/mol. The molecule has 0 aliphatic rings. The normalized spacial score (nSPS) is 11.7. The Labute approximate surface area is 179 Å². The van der Waals surface area contributed by atoms with E-state index in [2.05, 4.69) is 14.2 Å². The van der Waals surface area contributed by atoms with E-state index >= 15 is 0 Å². The van der Waals surface area contributed by atoms with E-state index in [1.165, 1.54) is 6.92 Å². The largest absolute Gasteiger partial charge is 0.497 e. The Kier molecular flexibility index (Phi) is 9.72. The van der Waals surface area contributed by atoms with Crippen LogP contribution in [0.3, 0.4) is 0 Å². The first-order chi connectivity index (χ1) is 14.4. The van der Waals surface area contributed by atoms with E-state index in [0.29, 0.717) is 12.2 Å². The number of ether oxygens (including phenoxy) is 2. The lowest BCUT2D eigenvalue weighted by molar-refractivity contribution is -0.138. The number of amides is 1. The first-order valence-electron chi connectivity index (χ1n) is 9.27. The molecule has 0 aliphatic carbocycles. The molecule has 0 aromatic heterocycles. The summed E-state index contributed by atoms with van der Waals surface area (Å²) in [5.74, 6) is 0.0284. The molecule has 0 bridgehead atoms. The minimum absolute atomic E-state index is 0.0933. The van der Waals surface area contributed by atoms with Crippen LogP contribution in [0.15, 0.2) is 48.5 Å². The number of carbonyl (C=O) groups excluding carboxylic acids is 3. The van der Waals surface area contributed by atoms with Gasteiger partial charge in [-0.2, -0.15) is 0 Å². The van der Waals surface area contributed by atoms with Crippen LogP contribution >= 0.6 is 17.4 Å². The number of methoxy groups -OCH3 is 1. The molecule has 30 heavy (non-hydrogen) atoms. The van der Waals surface area contributed by atoms with E-state index in [1.54, 1.807) is 31.4 Å². The summed E-state index contributed by atoms with van der Waals surface area (Å²) in [7, 11) is 3.85. The number of benzene rings is 2. The maximum absolute atomic E-state index is 12.4. The topological polar surface area (TPSA) is 90.9 Å². The van der Waals surface area contributed by atoms with Gasteiger partial charge in [-0.05, 0) is 41.8 Å². The third-order valence-corrected chi connectivity index (χ3v) is 4.88. The molecule has 0 aliphatic heterocycles. The molecule has 7 nitrogen and oxygen atoms in total. The molecule has 0 spiro atoms. The number of esters is 1. The molecule has 1 N–H and O–H groups in total. The highest BCUT2D eigenvalue weighted by molar-refractivity contribution is 8.00. The highest BCUT2D eigenvalue weighted by Gasteiger charge is 2.22. The quantitative estimate of drug-likeness (QED) is 0.340. The second kappa shape index (κ2) is 12.3. The van der Waals surface area contributed by atoms with Gasteiger partial charge in [0.15, 0.2) is 0 Å². The van der Waals surface area contributed by atoms with Gasteiger partial charge in [0.2, 0.25) is 5.91 Å². The summed E-state index contributed by atoms with van der Waals surface area (Å²) in [6.45, 7) is 1.32. The molecule has 0 heterocycles. The number of nitrogens with one attached hydrogen (secondary N) is 1. The fourth-order valence-corrected chi connectivity index (χ4v) is 3.34. The van der Waals surface area contributed by atoms with Crippen molar-refractivity contribution in [1.29, 1.82) is 0 Å². The fraction of sp³-hybridized carbons (Fsp3) is 0.286. The van der Waals surface area contributed by atoms with Gasteiger partial charge in [-0.3, -0.25) is 9.59 Å². The number of hydrogen-bond acceptors (Lipinski definition) is 6. The van der Waals surface area contributed by atoms with Crippen LogP contribution in [0.25, 0.3) is 0 Å². The van der Waals surface area contributed by atoms with Crippen LogP contribution in [-0.2, 0) is 31.7 Å². The smallest absolute Gasteiger partial charge is 0.331 e. The molecular formula is C21H25NO6P2. The molecule has 0 saturated heterocycles. The second-order valence-electron chi connectivity index (χ2n) is 6.45. The Morgan fingerprint density at radius 2 is 1.60 bits per heavy atom. The monoisotopic (exact) mass is 449 g/mol. The molecule has 9 heteroatoms. The molecule has 160 valence electrons. The van der Waals surface area contributed by atoms with Gasteiger partial charge in [0, 0.05) is 19.8 Å². The lowest BCUT2D eigenvalue weighted by Gasteiger charge is -2.17. The zero-order valence-corrected chi connectivity index (χ0v) is 19.0. The van der Waals surface area contributed by atoms with Crippen LogP contribution < -0.4 is 14.8 Å². The van der Waals surface area contributed by atoms with Gasteiger partial charge < -0.3 is 19.3 Å². The number of hydrogen-bond donors (Lipinski definition) is 1. The van der Waals surface area contributed by atoms with Gasteiger partial charge in [0.05, 0.1) is 15.6 Å². The number of carbonyl (C=O) groups is 3. The summed E-state index contributed by atoms with van der Waals surface area (Å²) in [4.78, 5) is 35.8. The van der Waals surface area contributed by atoms with Gasteiger partial charge in [0.25, 0.3) is 0 Å². The summed E-state index contributed by atoms with van der Waals surface area (Å²) in [5, 5.41) is 2.76. The Balaban J connectivity index is 1.96. The van der Waals surface area contributed by atoms with E-state index in [-0.39, 0.29) is 27.2 Å². The van der Waals surface area contributed by atoms with Crippen molar-refractivity contribution in [2.45, 2.75) is 32.2 Å². The van der Waals surface area contributed by atoms with Crippen molar-refractivity contribution in [3.8, 4) is 11.5 Å². The SMILES string of the molecule is COc1ccc(CCC(=O)NC(Cc2ccc(OC(C)=O)cc2)C(=O)OPP)cc1. The van der Waals surface area contributed by atoms with Crippen molar-refractivity contribution < 1.29 is 28.4 Å². The van der Waals surface area contributed by atoms with Crippen LogP contribution in [0.1, 0.15) is 24.5 Å². The molecule has 0 saturated carbocycles. The highest BCUT2D eigenvalue weighted by Crippen LogP contribution is 2.23. The molecule has 0 radical (unpaired) electrons. The first-order valence-corrected chi connectivity index (χ1v) is 12.0. The summed E-state index contributed by atoms with van der Waals surface area (Å²) in [6, 6.07) is 13.4. The van der Waals surface area contributed by atoms with Crippen molar-refractivity contribution in [2.24, 2.45) is 0 Å². The predicted molar refractivity (Wildman–Crippen MR) is 119 cm³/mol. The Morgan fingerprint density at radius 1 is 1.00 bits per heavy atom. The average molecular weight is 449 g/mol. The summed E-state index contributed by atoms with van der Waals surface area (Å²) < 4.78 is 15.2. The van der Waals surface area contributed by atoms with Gasteiger partial charge in [-0.1, -0.05) is 33.2 Å².